The number of nitro benzene ring substituents is 1. The molecule has 142 valence electrons. The second kappa shape index (κ2) is 9.33. The number of hydrogen-bond acceptors (Lipinski definition) is 6. The normalized spacial score (nSPS) is 11.3. The zero-order valence-corrected chi connectivity index (χ0v) is 15.1. The highest BCUT2D eigenvalue weighted by Gasteiger charge is 2.22. The third kappa shape index (κ3) is 5.53. The van der Waals surface area contributed by atoms with Gasteiger partial charge in [-0.1, -0.05) is 25.1 Å². The molecular weight excluding hydrogens is 350 g/mol. The SMILES string of the molecule is CCCNC(=O)C(C)OC(=O)c1ccc(Nc2ccccc2)c([N+](=O)[O-])c1. The number of carbonyl (C=O) groups is 2. The molecule has 0 aromatic heterocycles. The summed E-state index contributed by atoms with van der Waals surface area (Å²) in [5.41, 5.74) is 0.653. The molecule has 0 radical (unpaired) electrons. The molecule has 2 N–H and O–H groups in total. The summed E-state index contributed by atoms with van der Waals surface area (Å²) in [4.78, 5) is 34.8. The number of para-hydroxylation sites is 1. The maximum absolute atomic E-state index is 12.2. The number of benzene rings is 2. The van der Waals surface area contributed by atoms with Crippen molar-refractivity contribution in [1.82, 2.24) is 5.32 Å². The average molecular weight is 371 g/mol. The highest BCUT2D eigenvalue weighted by Crippen LogP contribution is 2.29. The molecule has 8 heteroatoms. The highest BCUT2D eigenvalue weighted by atomic mass is 16.6. The Hall–Kier alpha value is -3.42. The van der Waals surface area contributed by atoms with Crippen molar-refractivity contribution in [2.75, 3.05) is 11.9 Å². The number of anilines is 2. The van der Waals surface area contributed by atoms with Gasteiger partial charge in [0.25, 0.3) is 11.6 Å². The topological polar surface area (TPSA) is 111 Å². The summed E-state index contributed by atoms with van der Waals surface area (Å²) in [6.45, 7) is 3.83. The Balaban J connectivity index is 2.16. The summed E-state index contributed by atoms with van der Waals surface area (Å²) >= 11 is 0. The van der Waals surface area contributed by atoms with E-state index in [4.69, 9.17) is 4.74 Å². The van der Waals surface area contributed by atoms with E-state index in [1.807, 2.05) is 13.0 Å². The van der Waals surface area contributed by atoms with Crippen molar-refractivity contribution >= 4 is 28.9 Å². The van der Waals surface area contributed by atoms with Crippen LogP contribution in [0.2, 0.25) is 0 Å². The number of esters is 1. The lowest BCUT2D eigenvalue weighted by Crippen LogP contribution is -2.36. The Morgan fingerprint density at radius 1 is 1.19 bits per heavy atom. The predicted octanol–water partition coefficient (Wildman–Crippen LogP) is 3.41. The predicted molar refractivity (Wildman–Crippen MR) is 101 cm³/mol. The van der Waals surface area contributed by atoms with E-state index in [1.54, 1.807) is 24.3 Å². The second-order valence-electron chi connectivity index (χ2n) is 5.82. The van der Waals surface area contributed by atoms with E-state index in [2.05, 4.69) is 10.6 Å². The summed E-state index contributed by atoms with van der Waals surface area (Å²) in [5, 5.41) is 16.9. The van der Waals surface area contributed by atoms with Crippen LogP contribution in [0.25, 0.3) is 0 Å². The molecule has 2 aromatic carbocycles. The van der Waals surface area contributed by atoms with Gasteiger partial charge in [0.2, 0.25) is 0 Å². The molecule has 0 saturated carbocycles. The number of carbonyl (C=O) groups excluding carboxylic acids is 2. The highest BCUT2D eigenvalue weighted by molar-refractivity contribution is 5.94. The van der Waals surface area contributed by atoms with Crippen LogP contribution in [0.1, 0.15) is 30.6 Å². The smallest absolute Gasteiger partial charge is 0.339 e. The maximum atomic E-state index is 12.2. The summed E-state index contributed by atoms with van der Waals surface area (Å²) in [5.74, 6) is -1.22. The Morgan fingerprint density at radius 2 is 1.89 bits per heavy atom. The Bertz CT molecular complexity index is 823. The quantitative estimate of drug-likeness (QED) is 0.418. The van der Waals surface area contributed by atoms with Gasteiger partial charge in [0.05, 0.1) is 10.5 Å². The van der Waals surface area contributed by atoms with E-state index >= 15 is 0 Å². The van der Waals surface area contributed by atoms with Gasteiger partial charge in [0.1, 0.15) is 5.69 Å². The molecule has 0 heterocycles. The van der Waals surface area contributed by atoms with Crippen molar-refractivity contribution in [2.45, 2.75) is 26.4 Å². The minimum Gasteiger partial charge on any atom is -0.449 e. The van der Waals surface area contributed by atoms with Crippen LogP contribution in [0.5, 0.6) is 0 Å². The van der Waals surface area contributed by atoms with Gasteiger partial charge in [-0.15, -0.1) is 0 Å². The van der Waals surface area contributed by atoms with Crippen LogP contribution < -0.4 is 10.6 Å². The first kappa shape index (κ1) is 19.9. The molecule has 2 rings (SSSR count). The molecule has 8 nitrogen and oxygen atoms in total. The van der Waals surface area contributed by atoms with Gasteiger partial charge in [-0.25, -0.2) is 4.79 Å². The van der Waals surface area contributed by atoms with Gasteiger partial charge in [0, 0.05) is 18.3 Å². The molecule has 0 bridgehead atoms. The first-order valence-electron chi connectivity index (χ1n) is 8.51. The largest absolute Gasteiger partial charge is 0.449 e. The van der Waals surface area contributed by atoms with Crippen molar-refractivity contribution in [3.05, 3.63) is 64.2 Å². The molecule has 0 aliphatic heterocycles. The third-order valence-corrected chi connectivity index (χ3v) is 3.69. The number of hydrogen-bond donors (Lipinski definition) is 2. The van der Waals surface area contributed by atoms with Crippen molar-refractivity contribution in [3.8, 4) is 0 Å². The molecule has 1 atom stereocenters. The van der Waals surface area contributed by atoms with Gasteiger partial charge >= 0.3 is 5.97 Å². The van der Waals surface area contributed by atoms with Gasteiger partial charge in [-0.3, -0.25) is 14.9 Å². The number of nitrogens with zero attached hydrogens (tertiary/aromatic N) is 1. The van der Waals surface area contributed by atoms with Crippen LogP contribution in [0.3, 0.4) is 0 Å². The molecule has 1 unspecified atom stereocenters. The molecule has 0 fully saturated rings. The lowest BCUT2D eigenvalue weighted by molar-refractivity contribution is -0.383. The minimum absolute atomic E-state index is 0.00421. The monoisotopic (exact) mass is 371 g/mol. The van der Waals surface area contributed by atoms with Crippen molar-refractivity contribution in [2.24, 2.45) is 0 Å². The molecular formula is C19H21N3O5. The number of nitro groups is 1. The Labute approximate surface area is 156 Å². The number of amides is 1. The minimum atomic E-state index is -0.995. The first-order chi connectivity index (χ1) is 12.9. The van der Waals surface area contributed by atoms with E-state index in [1.165, 1.54) is 19.1 Å². The van der Waals surface area contributed by atoms with E-state index in [0.717, 1.165) is 12.5 Å². The number of rotatable bonds is 8. The van der Waals surface area contributed by atoms with Crippen LogP contribution in [-0.4, -0.2) is 29.4 Å². The standard InChI is InChI=1S/C19H21N3O5/c1-3-11-20-18(23)13(2)27-19(24)14-9-10-16(17(12-14)22(25)26)21-15-7-5-4-6-8-15/h4-10,12-13,21H,3,11H2,1-2H3,(H,20,23). The average Bonchev–Trinajstić information content (AvgIpc) is 2.66. The first-order valence-corrected chi connectivity index (χ1v) is 8.51. The molecule has 0 saturated heterocycles. The molecule has 0 spiro atoms. The summed E-state index contributed by atoms with van der Waals surface area (Å²) in [7, 11) is 0. The van der Waals surface area contributed by atoms with Gasteiger partial charge in [-0.2, -0.15) is 0 Å². The van der Waals surface area contributed by atoms with Crippen LogP contribution >= 0.6 is 0 Å². The summed E-state index contributed by atoms with van der Waals surface area (Å²) < 4.78 is 5.09. The third-order valence-electron chi connectivity index (χ3n) is 3.69. The van der Waals surface area contributed by atoms with E-state index in [9.17, 15) is 19.7 Å². The van der Waals surface area contributed by atoms with Crippen LogP contribution in [-0.2, 0) is 9.53 Å². The molecule has 0 aliphatic rings. The zero-order chi connectivity index (χ0) is 19.8. The Kier molecular flexibility index (Phi) is 6.87. The second-order valence-corrected chi connectivity index (χ2v) is 5.82. The van der Waals surface area contributed by atoms with Crippen molar-refractivity contribution in [3.63, 3.8) is 0 Å². The summed E-state index contributed by atoms with van der Waals surface area (Å²) in [6, 6.07) is 12.9. The lowest BCUT2D eigenvalue weighted by atomic mass is 10.1. The fourth-order valence-electron chi connectivity index (χ4n) is 2.27. The van der Waals surface area contributed by atoms with E-state index < -0.39 is 22.9 Å². The van der Waals surface area contributed by atoms with Crippen molar-refractivity contribution in [1.29, 1.82) is 0 Å². The molecule has 1 amide bonds. The van der Waals surface area contributed by atoms with Crippen LogP contribution in [0, 0.1) is 10.1 Å². The number of nitrogens with one attached hydrogen (secondary N) is 2. The van der Waals surface area contributed by atoms with Gasteiger partial charge < -0.3 is 15.4 Å². The van der Waals surface area contributed by atoms with Gasteiger partial charge in [0.15, 0.2) is 6.10 Å². The fourth-order valence-corrected chi connectivity index (χ4v) is 2.27. The molecule has 27 heavy (non-hydrogen) atoms. The van der Waals surface area contributed by atoms with Gasteiger partial charge in [-0.05, 0) is 37.6 Å². The zero-order valence-electron chi connectivity index (χ0n) is 15.1. The van der Waals surface area contributed by atoms with E-state index in [0.29, 0.717) is 12.2 Å². The van der Waals surface area contributed by atoms with Crippen LogP contribution in [0.15, 0.2) is 48.5 Å². The number of ether oxygens (including phenoxy) is 1. The molecule has 0 aliphatic carbocycles. The lowest BCUT2D eigenvalue weighted by Gasteiger charge is -2.13. The Morgan fingerprint density at radius 3 is 2.52 bits per heavy atom. The van der Waals surface area contributed by atoms with Crippen molar-refractivity contribution < 1.29 is 19.2 Å². The maximum Gasteiger partial charge on any atom is 0.339 e. The fraction of sp³-hybridized carbons (Fsp3) is 0.263. The van der Waals surface area contributed by atoms with E-state index in [-0.39, 0.29) is 16.9 Å². The molecule has 2 aromatic rings. The summed E-state index contributed by atoms with van der Waals surface area (Å²) in [6.07, 6.45) is -0.237. The van der Waals surface area contributed by atoms with Crippen LogP contribution in [0.4, 0.5) is 17.1 Å².